The Labute approximate surface area is 158 Å². The number of benzene rings is 2. The van der Waals surface area contributed by atoms with Crippen LogP contribution in [0.4, 0.5) is 11.4 Å². The molecule has 0 bridgehead atoms. The predicted octanol–water partition coefficient (Wildman–Crippen LogP) is 4.44. The molecule has 5 heteroatoms. The minimum Gasteiger partial charge on any atom is -0.293 e. The number of rotatable bonds is 7. The SMILES string of the molecule is C=CCN(CC=C)CN1C(=O)C(=Nc2cccc(Cl)c2)c2ccccc21. The van der Waals surface area contributed by atoms with E-state index in [-0.39, 0.29) is 5.91 Å². The van der Waals surface area contributed by atoms with Crippen molar-refractivity contribution in [3.8, 4) is 0 Å². The monoisotopic (exact) mass is 365 g/mol. The Bertz CT molecular complexity index is 865. The lowest BCUT2D eigenvalue weighted by molar-refractivity contribution is -0.112. The molecule has 1 amide bonds. The Kier molecular flexibility index (Phi) is 5.66. The lowest BCUT2D eigenvalue weighted by atomic mass is 10.1. The number of aliphatic imine (C=N–C) groups is 1. The zero-order valence-electron chi connectivity index (χ0n) is 14.4. The Balaban J connectivity index is 1.98. The maximum atomic E-state index is 13.1. The largest absolute Gasteiger partial charge is 0.293 e. The molecule has 132 valence electrons. The van der Waals surface area contributed by atoms with Gasteiger partial charge in [-0.15, -0.1) is 13.2 Å². The molecule has 0 radical (unpaired) electrons. The number of nitrogens with zero attached hydrogens (tertiary/aromatic N) is 3. The van der Waals surface area contributed by atoms with Gasteiger partial charge in [0, 0.05) is 23.7 Å². The Hall–Kier alpha value is -2.69. The zero-order valence-corrected chi connectivity index (χ0v) is 15.2. The van der Waals surface area contributed by atoms with Crippen LogP contribution in [-0.2, 0) is 4.79 Å². The molecule has 0 atom stereocenters. The van der Waals surface area contributed by atoms with Crippen LogP contribution < -0.4 is 4.90 Å². The van der Waals surface area contributed by atoms with Crippen LogP contribution in [-0.4, -0.2) is 36.3 Å². The highest BCUT2D eigenvalue weighted by atomic mass is 35.5. The first-order chi connectivity index (χ1) is 12.6. The molecule has 1 heterocycles. The standard InChI is InChI=1S/C21H20ClN3O/c1-3-12-24(13-4-2)15-25-19-11-6-5-10-18(19)20(21(25)26)23-17-9-7-8-16(22)14-17/h3-11,14H,1-2,12-13,15H2. The van der Waals surface area contributed by atoms with Crippen LogP contribution in [0.3, 0.4) is 0 Å². The van der Waals surface area contributed by atoms with E-state index < -0.39 is 0 Å². The normalized spacial score (nSPS) is 14.8. The number of fused-ring (bicyclic) bond motifs is 1. The summed E-state index contributed by atoms with van der Waals surface area (Å²) in [5.41, 5.74) is 2.78. The van der Waals surface area contributed by atoms with Crippen molar-refractivity contribution in [1.82, 2.24) is 4.90 Å². The van der Waals surface area contributed by atoms with E-state index in [0.717, 1.165) is 11.3 Å². The summed E-state index contributed by atoms with van der Waals surface area (Å²) in [6.45, 7) is 9.35. The summed E-state index contributed by atoms with van der Waals surface area (Å²) in [6.07, 6.45) is 3.63. The second-order valence-corrected chi connectivity index (χ2v) is 6.38. The summed E-state index contributed by atoms with van der Waals surface area (Å²) in [5, 5.41) is 0.588. The molecule has 0 saturated heterocycles. The minimum absolute atomic E-state index is 0.121. The maximum Gasteiger partial charge on any atom is 0.278 e. The van der Waals surface area contributed by atoms with E-state index >= 15 is 0 Å². The molecule has 0 aromatic heterocycles. The predicted molar refractivity (Wildman–Crippen MR) is 108 cm³/mol. The first-order valence-corrected chi connectivity index (χ1v) is 8.71. The molecule has 26 heavy (non-hydrogen) atoms. The second kappa shape index (κ2) is 8.13. The van der Waals surface area contributed by atoms with Gasteiger partial charge < -0.3 is 0 Å². The molecule has 0 unspecified atom stereocenters. The molecular formula is C21H20ClN3O. The van der Waals surface area contributed by atoms with Gasteiger partial charge in [-0.25, -0.2) is 4.99 Å². The molecule has 1 aliphatic rings. The zero-order chi connectivity index (χ0) is 18.5. The fraction of sp³-hybridized carbons (Fsp3) is 0.143. The molecule has 0 saturated carbocycles. The summed E-state index contributed by atoms with van der Waals surface area (Å²) in [7, 11) is 0. The molecule has 2 aromatic carbocycles. The van der Waals surface area contributed by atoms with Crippen LogP contribution >= 0.6 is 11.6 Å². The van der Waals surface area contributed by atoms with Crippen molar-refractivity contribution in [2.24, 2.45) is 4.99 Å². The summed E-state index contributed by atoms with van der Waals surface area (Å²) in [6, 6.07) is 14.9. The third-order valence-electron chi connectivity index (χ3n) is 4.06. The highest BCUT2D eigenvalue weighted by Gasteiger charge is 2.34. The Morgan fingerprint density at radius 1 is 1.08 bits per heavy atom. The van der Waals surface area contributed by atoms with E-state index in [1.165, 1.54) is 0 Å². The van der Waals surface area contributed by atoms with Crippen molar-refractivity contribution in [2.45, 2.75) is 0 Å². The van der Waals surface area contributed by atoms with Crippen molar-refractivity contribution < 1.29 is 4.79 Å². The van der Waals surface area contributed by atoms with E-state index in [4.69, 9.17) is 11.6 Å². The van der Waals surface area contributed by atoms with Gasteiger partial charge in [-0.2, -0.15) is 0 Å². The lowest BCUT2D eigenvalue weighted by Crippen LogP contribution is -2.41. The molecule has 0 fully saturated rings. The third-order valence-corrected chi connectivity index (χ3v) is 4.30. The number of amides is 1. The van der Waals surface area contributed by atoms with Crippen molar-refractivity contribution in [3.05, 3.63) is 84.4 Å². The fourth-order valence-electron chi connectivity index (χ4n) is 2.94. The van der Waals surface area contributed by atoms with Crippen molar-refractivity contribution in [3.63, 3.8) is 0 Å². The topological polar surface area (TPSA) is 35.9 Å². The summed E-state index contributed by atoms with van der Waals surface area (Å²) in [5.74, 6) is -0.121. The van der Waals surface area contributed by atoms with Gasteiger partial charge in [0.05, 0.1) is 18.0 Å². The number of hydrogen-bond acceptors (Lipinski definition) is 3. The van der Waals surface area contributed by atoms with Gasteiger partial charge in [0.2, 0.25) is 0 Å². The van der Waals surface area contributed by atoms with Crippen LogP contribution in [0.15, 0.2) is 78.8 Å². The first kappa shape index (κ1) is 18.1. The fourth-order valence-corrected chi connectivity index (χ4v) is 3.12. The number of hydrogen-bond donors (Lipinski definition) is 0. The quantitative estimate of drug-likeness (QED) is 0.680. The average Bonchev–Trinajstić information content (AvgIpc) is 2.88. The molecule has 3 rings (SSSR count). The molecule has 2 aromatic rings. The Morgan fingerprint density at radius 2 is 1.81 bits per heavy atom. The van der Waals surface area contributed by atoms with Gasteiger partial charge in [0.15, 0.2) is 0 Å². The van der Waals surface area contributed by atoms with Gasteiger partial charge in [-0.05, 0) is 24.3 Å². The van der Waals surface area contributed by atoms with Crippen LogP contribution in [0.1, 0.15) is 5.56 Å². The lowest BCUT2D eigenvalue weighted by Gasteiger charge is -2.26. The van der Waals surface area contributed by atoms with Gasteiger partial charge >= 0.3 is 0 Å². The summed E-state index contributed by atoms with van der Waals surface area (Å²) >= 11 is 6.04. The summed E-state index contributed by atoms with van der Waals surface area (Å²) in [4.78, 5) is 21.5. The molecular weight excluding hydrogens is 346 g/mol. The Morgan fingerprint density at radius 3 is 2.50 bits per heavy atom. The van der Waals surface area contributed by atoms with Crippen LogP contribution in [0.2, 0.25) is 5.02 Å². The number of carbonyl (C=O) groups is 1. The molecule has 0 aliphatic carbocycles. The molecule has 0 spiro atoms. The molecule has 1 aliphatic heterocycles. The van der Waals surface area contributed by atoms with E-state index in [2.05, 4.69) is 23.1 Å². The second-order valence-electron chi connectivity index (χ2n) is 5.95. The average molecular weight is 366 g/mol. The van der Waals surface area contributed by atoms with E-state index in [9.17, 15) is 4.79 Å². The van der Waals surface area contributed by atoms with Crippen LogP contribution in [0, 0.1) is 0 Å². The van der Waals surface area contributed by atoms with E-state index in [1.807, 2.05) is 48.6 Å². The van der Waals surface area contributed by atoms with Gasteiger partial charge in [0.25, 0.3) is 5.91 Å². The van der Waals surface area contributed by atoms with Crippen LogP contribution in [0.5, 0.6) is 0 Å². The number of anilines is 1. The number of para-hydroxylation sites is 1. The number of halogens is 1. The highest BCUT2D eigenvalue weighted by molar-refractivity contribution is 6.54. The molecule has 4 nitrogen and oxygen atoms in total. The first-order valence-electron chi connectivity index (χ1n) is 8.33. The van der Waals surface area contributed by atoms with Gasteiger partial charge in [-0.1, -0.05) is 48.0 Å². The molecule has 0 N–H and O–H groups in total. The van der Waals surface area contributed by atoms with Crippen molar-refractivity contribution >= 4 is 34.6 Å². The third kappa shape index (κ3) is 3.77. The smallest absolute Gasteiger partial charge is 0.278 e. The van der Waals surface area contributed by atoms with Gasteiger partial charge in [0.1, 0.15) is 5.71 Å². The van der Waals surface area contributed by atoms with Crippen LogP contribution in [0.25, 0.3) is 0 Å². The maximum absolute atomic E-state index is 13.1. The van der Waals surface area contributed by atoms with E-state index in [1.54, 1.807) is 17.0 Å². The minimum atomic E-state index is -0.121. The van der Waals surface area contributed by atoms with Crippen molar-refractivity contribution in [2.75, 3.05) is 24.7 Å². The highest BCUT2D eigenvalue weighted by Crippen LogP contribution is 2.31. The number of carbonyl (C=O) groups excluding carboxylic acids is 1. The van der Waals surface area contributed by atoms with Gasteiger partial charge in [-0.3, -0.25) is 14.6 Å². The van der Waals surface area contributed by atoms with Crippen molar-refractivity contribution in [1.29, 1.82) is 0 Å². The van der Waals surface area contributed by atoms with E-state index in [0.29, 0.717) is 36.2 Å². The summed E-state index contributed by atoms with van der Waals surface area (Å²) < 4.78 is 0.